The number of rotatable bonds is 0. The molecule has 1 aliphatic heterocycles. The van der Waals surface area contributed by atoms with Crippen LogP contribution in [0.15, 0.2) is 6.33 Å². The van der Waals surface area contributed by atoms with Crippen LogP contribution in [0.25, 0.3) is 5.78 Å². The van der Waals surface area contributed by atoms with E-state index in [1.165, 1.54) is 6.33 Å². The Morgan fingerprint density at radius 1 is 1.46 bits per heavy atom. The summed E-state index contributed by atoms with van der Waals surface area (Å²) in [5.41, 5.74) is 2.15. The normalized spacial score (nSPS) is 15.2. The molecule has 0 fully saturated rings. The van der Waals surface area contributed by atoms with Crippen LogP contribution >= 0.6 is 23.4 Å². The van der Waals surface area contributed by atoms with Crippen molar-refractivity contribution in [2.75, 3.05) is 0 Å². The van der Waals surface area contributed by atoms with Gasteiger partial charge in [0.2, 0.25) is 0 Å². The van der Waals surface area contributed by atoms with Crippen LogP contribution in [0.2, 0.25) is 5.15 Å². The fraction of sp³-hybridized carbons (Fsp3) is 0.286. The lowest BCUT2D eigenvalue weighted by Crippen LogP contribution is -1.99. The number of nitrogens with zero attached hydrogens (tertiary/aromatic N) is 4. The molecule has 0 amide bonds. The van der Waals surface area contributed by atoms with Crippen molar-refractivity contribution in [2.45, 2.75) is 11.5 Å². The molecule has 2 aromatic rings. The van der Waals surface area contributed by atoms with E-state index in [4.69, 9.17) is 11.6 Å². The van der Waals surface area contributed by atoms with Crippen molar-refractivity contribution in [2.24, 2.45) is 0 Å². The third kappa shape index (κ3) is 0.971. The maximum Gasteiger partial charge on any atom is 0.253 e. The number of thioether (sulfide) groups is 1. The second-order valence-corrected chi connectivity index (χ2v) is 4.14. The largest absolute Gasteiger partial charge is 0.253 e. The smallest absolute Gasteiger partial charge is 0.215 e. The van der Waals surface area contributed by atoms with Crippen LogP contribution in [0.4, 0.5) is 0 Å². The van der Waals surface area contributed by atoms with Gasteiger partial charge >= 0.3 is 0 Å². The number of aromatic nitrogens is 4. The zero-order valence-electron chi connectivity index (χ0n) is 6.57. The lowest BCUT2D eigenvalue weighted by molar-refractivity contribution is 0.916. The standard InChI is InChI=1S/C7H5ClN4S/c8-6-4-1-13-2-5(4)11-7-9-3-10-12(6)7/h3H,1-2H2. The minimum Gasteiger partial charge on any atom is -0.215 e. The topological polar surface area (TPSA) is 43.1 Å². The molecule has 0 N–H and O–H groups in total. The maximum absolute atomic E-state index is 6.14. The molecule has 0 aliphatic carbocycles. The van der Waals surface area contributed by atoms with E-state index >= 15 is 0 Å². The quantitative estimate of drug-likeness (QED) is 0.622. The highest BCUT2D eigenvalue weighted by molar-refractivity contribution is 7.98. The van der Waals surface area contributed by atoms with E-state index in [1.54, 1.807) is 4.52 Å². The van der Waals surface area contributed by atoms with E-state index < -0.39 is 0 Å². The van der Waals surface area contributed by atoms with Crippen LogP contribution in [0.5, 0.6) is 0 Å². The Kier molecular flexibility index (Phi) is 1.51. The summed E-state index contributed by atoms with van der Waals surface area (Å²) < 4.78 is 1.58. The van der Waals surface area contributed by atoms with Gasteiger partial charge in [-0.3, -0.25) is 0 Å². The van der Waals surface area contributed by atoms with E-state index in [2.05, 4.69) is 15.1 Å². The molecule has 0 bridgehead atoms. The minimum atomic E-state index is 0.589. The summed E-state index contributed by atoms with van der Waals surface area (Å²) in [5.74, 6) is 2.45. The first-order valence-electron chi connectivity index (χ1n) is 3.81. The lowest BCUT2D eigenvalue weighted by atomic mass is 10.3. The van der Waals surface area contributed by atoms with Crippen LogP contribution in [-0.2, 0) is 11.5 Å². The van der Waals surface area contributed by atoms with Crippen molar-refractivity contribution in [3.05, 3.63) is 22.7 Å². The summed E-state index contributed by atoms with van der Waals surface area (Å²) in [4.78, 5) is 8.36. The van der Waals surface area contributed by atoms with E-state index in [1.807, 2.05) is 11.8 Å². The molecule has 4 nitrogen and oxygen atoms in total. The van der Waals surface area contributed by atoms with Crippen LogP contribution in [0, 0.1) is 0 Å². The van der Waals surface area contributed by atoms with Gasteiger partial charge in [-0.15, -0.1) is 0 Å². The molecule has 0 spiro atoms. The summed E-state index contributed by atoms with van der Waals surface area (Å²) in [7, 11) is 0. The first-order chi connectivity index (χ1) is 6.36. The van der Waals surface area contributed by atoms with E-state index in [0.29, 0.717) is 10.9 Å². The summed E-state index contributed by atoms with van der Waals surface area (Å²) in [6, 6.07) is 0. The summed E-state index contributed by atoms with van der Waals surface area (Å²) in [6.07, 6.45) is 1.47. The van der Waals surface area contributed by atoms with Crippen molar-refractivity contribution in [3.63, 3.8) is 0 Å². The Balaban J connectivity index is 2.45. The summed E-state index contributed by atoms with van der Waals surface area (Å²) in [6.45, 7) is 0. The predicted molar refractivity (Wildman–Crippen MR) is 50.8 cm³/mol. The van der Waals surface area contributed by atoms with Crippen LogP contribution < -0.4 is 0 Å². The SMILES string of the molecule is Clc1c2c(nc3ncnn13)CSC2. The fourth-order valence-corrected chi connectivity index (χ4v) is 2.81. The first kappa shape index (κ1) is 7.58. The van der Waals surface area contributed by atoms with Gasteiger partial charge in [0.15, 0.2) is 0 Å². The van der Waals surface area contributed by atoms with Crippen molar-refractivity contribution in [1.82, 2.24) is 19.6 Å². The third-order valence-electron chi connectivity index (χ3n) is 2.03. The van der Waals surface area contributed by atoms with Gasteiger partial charge < -0.3 is 0 Å². The van der Waals surface area contributed by atoms with Crippen molar-refractivity contribution in [3.8, 4) is 0 Å². The molecule has 0 aromatic carbocycles. The van der Waals surface area contributed by atoms with Crippen molar-refractivity contribution >= 4 is 29.1 Å². The lowest BCUT2D eigenvalue weighted by Gasteiger charge is -2.01. The number of hydrogen-bond donors (Lipinski definition) is 0. The summed E-state index contributed by atoms with van der Waals surface area (Å²) >= 11 is 7.95. The maximum atomic E-state index is 6.14. The number of fused-ring (bicyclic) bond motifs is 2. The number of hydrogen-bond acceptors (Lipinski definition) is 4. The molecule has 1 aliphatic rings. The molecule has 3 rings (SSSR count). The van der Waals surface area contributed by atoms with Crippen LogP contribution in [0.3, 0.4) is 0 Å². The van der Waals surface area contributed by atoms with E-state index in [-0.39, 0.29) is 0 Å². The highest BCUT2D eigenvalue weighted by atomic mass is 35.5. The molecule has 0 atom stereocenters. The molecule has 0 saturated carbocycles. The Morgan fingerprint density at radius 3 is 3.31 bits per heavy atom. The number of halogens is 1. The third-order valence-corrected chi connectivity index (χ3v) is 3.39. The summed E-state index contributed by atoms with van der Waals surface area (Å²) in [5, 5.41) is 4.65. The molecule has 0 unspecified atom stereocenters. The Labute approximate surface area is 83.3 Å². The van der Waals surface area contributed by atoms with Gasteiger partial charge in [-0.05, 0) is 0 Å². The van der Waals surface area contributed by atoms with E-state index in [0.717, 1.165) is 22.8 Å². The molecular weight excluding hydrogens is 208 g/mol. The Bertz CT molecular complexity index is 481. The average molecular weight is 213 g/mol. The van der Waals surface area contributed by atoms with Gasteiger partial charge in [-0.1, -0.05) is 11.6 Å². The van der Waals surface area contributed by atoms with Gasteiger partial charge in [0.1, 0.15) is 11.5 Å². The predicted octanol–water partition coefficient (Wildman–Crippen LogP) is 1.52. The van der Waals surface area contributed by atoms with Gasteiger partial charge in [-0.25, -0.2) is 4.98 Å². The fourth-order valence-electron chi connectivity index (χ4n) is 1.40. The van der Waals surface area contributed by atoms with Crippen LogP contribution in [-0.4, -0.2) is 19.6 Å². The van der Waals surface area contributed by atoms with Crippen molar-refractivity contribution < 1.29 is 0 Å². The second kappa shape index (κ2) is 2.59. The zero-order valence-corrected chi connectivity index (χ0v) is 8.14. The Morgan fingerprint density at radius 2 is 2.38 bits per heavy atom. The molecule has 13 heavy (non-hydrogen) atoms. The van der Waals surface area contributed by atoms with E-state index in [9.17, 15) is 0 Å². The minimum absolute atomic E-state index is 0.589. The molecular formula is C7H5ClN4S. The average Bonchev–Trinajstić information content (AvgIpc) is 2.71. The highest BCUT2D eigenvalue weighted by Gasteiger charge is 2.19. The van der Waals surface area contributed by atoms with Gasteiger partial charge in [0.25, 0.3) is 5.78 Å². The molecule has 3 heterocycles. The van der Waals surface area contributed by atoms with Gasteiger partial charge in [0, 0.05) is 17.1 Å². The molecule has 66 valence electrons. The van der Waals surface area contributed by atoms with Crippen molar-refractivity contribution in [1.29, 1.82) is 0 Å². The highest BCUT2D eigenvalue weighted by Crippen LogP contribution is 2.33. The van der Waals surface area contributed by atoms with Gasteiger partial charge in [0.05, 0.1) is 5.69 Å². The second-order valence-electron chi connectivity index (χ2n) is 2.79. The molecule has 0 radical (unpaired) electrons. The first-order valence-corrected chi connectivity index (χ1v) is 5.34. The van der Waals surface area contributed by atoms with Crippen LogP contribution in [0.1, 0.15) is 11.3 Å². The monoisotopic (exact) mass is 212 g/mol. The Hall–Kier alpha value is -0.810. The molecule has 2 aromatic heterocycles. The van der Waals surface area contributed by atoms with Gasteiger partial charge in [-0.2, -0.15) is 26.4 Å². The molecule has 0 saturated heterocycles. The zero-order chi connectivity index (χ0) is 8.84. The molecule has 6 heteroatoms.